The van der Waals surface area contributed by atoms with E-state index in [1.807, 2.05) is 6.92 Å². The third kappa shape index (κ3) is 2.17. The standard InChI is InChI=1S/C10H11ClNO2/c1-7-6-8(4-5-9(7)11)12(2)10(13)14-3/h4-6H,3H2,1-2H3. The molecule has 0 unspecified atom stereocenters. The summed E-state index contributed by atoms with van der Waals surface area (Å²) in [6, 6.07) is 5.28. The van der Waals surface area contributed by atoms with Crippen molar-refractivity contribution in [2.75, 3.05) is 11.9 Å². The largest absolute Gasteiger partial charge is 0.446 e. The zero-order valence-corrected chi connectivity index (χ0v) is 8.84. The topological polar surface area (TPSA) is 29.5 Å². The van der Waals surface area contributed by atoms with Gasteiger partial charge in [-0.3, -0.25) is 4.90 Å². The molecule has 0 spiro atoms. The van der Waals surface area contributed by atoms with Gasteiger partial charge >= 0.3 is 6.09 Å². The van der Waals surface area contributed by atoms with E-state index in [0.29, 0.717) is 5.02 Å². The van der Waals surface area contributed by atoms with Crippen LogP contribution in [0.2, 0.25) is 5.02 Å². The van der Waals surface area contributed by atoms with Crippen LogP contribution in [0, 0.1) is 14.0 Å². The van der Waals surface area contributed by atoms with Gasteiger partial charge in [-0.15, -0.1) is 0 Å². The van der Waals surface area contributed by atoms with E-state index in [-0.39, 0.29) is 0 Å². The van der Waals surface area contributed by atoms with Crippen molar-refractivity contribution in [2.24, 2.45) is 0 Å². The highest BCUT2D eigenvalue weighted by Crippen LogP contribution is 2.21. The van der Waals surface area contributed by atoms with E-state index in [0.717, 1.165) is 11.3 Å². The van der Waals surface area contributed by atoms with Crippen molar-refractivity contribution >= 4 is 23.4 Å². The fourth-order valence-corrected chi connectivity index (χ4v) is 1.16. The molecule has 0 fully saturated rings. The van der Waals surface area contributed by atoms with Crippen LogP contribution in [0.5, 0.6) is 0 Å². The van der Waals surface area contributed by atoms with Gasteiger partial charge in [0.2, 0.25) is 0 Å². The van der Waals surface area contributed by atoms with Gasteiger partial charge in [-0.05, 0) is 30.7 Å². The SMILES string of the molecule is [CH2]OC(=O)N(C)c1ccc(Cl)c(C)c1. The highest BCUT2D eigenvalue weighted by molar-refractivity contribution is 6.31. The summed E-state index contributed by atoms with van der Waals surface area (Å²) in [7, 11) is 4.66. The number of hydrogen-bond donors (Lipinski definition) is 0. The second-order valence-electron chi connectivity index (χ2n) is 2.90. The van der Waals surface area contributed by atoms with Crippen molar-refractivity contribution < 1.29 is 9.53 Å². The minimum atomic E-state index is -0.508. The molecular weight excluding hydrogens is 202 g/mol. The molecule has 0 saturated heterocycles. The van der Waals surface area contributed by atoms with Crippen molar-refractivity contribution in [3.8, 4) is 0 Å². The van der Waals surface area contributed by atoms with Crippen LogP contribution in [0.25, 0.3) is 0 Å². The van der Waals surface area contributed by atoms with Gasteiger partial charge in [-0.2, -0.15) is 0 Å². The van der Waals surface area contributed by atoms with E-state index in [2.05, 4.69) is 11.8 Å². The number of carbonyl (C=O) groups excluding carboxylic acids is 1. The monoisotopic (exact) mass is 212 g/mol. The molecule has 0 aliphatic rings. The fourth-order valence-electron chi connectivity index (χ4n) is 1.04. The molecule has 1 aromatic carbocycles. The second-order valence-corrected chi connectivity index (χ2v) is 3.31. The smallest absolute Gasteiger partial charge is 0.414 e. The molecule has 1 aromatic rings. The zero-order valence-electron chi connectivity index (χ0n) is 8.08. The van der Waals surface area contributed by atoms with E-state index in [4.69, 9.17) is 11.6 Å². The Bertz CT molecular complexity index is 352. The molecule has 0 bridgehead atoms. The van der Waals surface area contributed by atoms with Crippen LogP contribution in [0.15, 0.2) is 18.2 Å². The fraction of sp³-hybridized carbons (Fsp3) is 0.200. The van der Waals surface area contributed by atoms with E-state index in [9.17, 15) is 4.79 Å². The lowest BCUT2D eigenvalue weighted by Gasteiger charge is -2.16. The summed E-state index contributed by atoms with van der Waals surface area (Å²) < 4.78 is 4.34. The summed E-state index contributed by atoms with van der Waals surface area (Å²) in [5, 5.41) is 0.671. The van der Waals surface area contributed by atoms with Gasteiger partial charge in [-0.25, -0.2) is 4.79 Å². The molecule has 75 valence electrons. The van der Waals surface area contributed by atoms with Gasteiger partial charge in [0.05, 0.1) is 0 Å². The first-order valence-corrected chi connectivity index (χ1v) is 4.40. The van der Waals surface area contributed by atoms with Crippen LogP contribution >= 0.6 is 11.6 Å². The molecule has 0 atom stereocenters. The zero-order chi connectivity index (χ0) is 10.7. The second kappa shape index (κ2) is 4.33. The number of benzene rings is 1. The first-order chi connectivity index (χ1) is 6.56. The predicted molar refractivity (Wildman–Crippen MR) is 56.4 cm³/mol. The van der Waals surface area contributed by atoms with Crippen LogP contribution in [0.3, 0.4) is 0 Å². The van der Waals surface area contributed by atoms with Crippen LogP contribution in [0.1, 0.15) is 5.56 Å². The molecule has 1 amide bonds. The number of anilines is 1. The number of aryl methyl sites for hydroxylation is 1. The van der Waals surface area contributed by atoms with Gasteiger partial charge < -0.3 is 4.74 Å². The number of ether oxygens (including phenoxy) is 1. The summed E-state index contributed by atoms with van der Waals surface area (Å²) in [5.41, 5.74) is 1.63. The van der Waals surface area contributed by atoms with E-state index < -0.39 is 6.09 Å². The molecule has 14 heavy (non-hydrogen) atoms. The highest BCUT2D eigenvalue weighted by atomic mass is 35.5. The van der Waals surface area contributed by atoms with E-state index in [1.165, 1.54) is 4.90 Å². The molecule has 0 saturated carbocycles. The van der Waals surface area contributed by atoms with Gasteiger partial charge in [0.15, 0.2) is 0 Å². The Morgan fingerprint density at radius 3 is 2.71 bits per heavy atom. The molecule has 0 aliphatic carbocycles. The Labute approximate surface area is 88.2 Å². The normalized spacial score (nSPS) is 9.71. The Balaban J connectivity index is 2.96. The number of hydrogen-bond acceptors (Lipinski definition) is 2. The molecule has 1 rings (SSSR count). The third-order valence-corrected chi connectivity index (χ3v) is 2.35. The molecule has 4 heteroatoms. The molecule has 0 heterocycles. The molecule has 0 aromatic heterocycles. The van der Waals surface area contributed by atoms with Gasteiger partial charge in [0.1, 0.15) is 7.11 Å². The quantitative estimate of drug-likeness (QED) is 0.716. The summed E-state index contributed by atoms with van der Waals surface area (Å²) in [6.07, 6.45) is -0.508. The van der Waals surface area contributed by atoms with Crippen LogP contribution < -0.4 is 4.90 Å². The maximum atomic E-state index is 11.1. The Morgan fingerprint density at radius 2 is 2.21 bits per heavy atom. The number of nitrogens with zero attached hydrogens (tertiary/aromatic N) is 1. The van der Waals surface area contributed by atoms with Crippen molar-refractivity contribution in [3.05, 3.63) is 35.9 Å². The Kier molecular flexibility index (Phi) is 3.36. The predicted octanol–water partition coefficient (Wildman–Crippen LogP) is 3.01. The summed E-state index contributed by atoms with van der Waals surface area (Å²) in [4.78, 5) is 12.5. The van der Waals surface area contributed by atoms with Crippen molar-refractivity contribution in [1.82, 2.24) is 0 Å². The summed E-state index contributed by atoms with van der Waals surface area (Å²) >= 11 is 5.85. The number of halogens is 1. The van der Waals surface area contributed by atoms with Crippen molar-refractivity contribution in [2.45, 2.75) is 6.92 Å². The lowest BCUT2D eigenvalue weighted by molar-refractivity contribution is 0.192. The van der Waals surface area contributed by atoms with Gasteiger partial charge in [0.25, 0.3) is 0 Å². The van der Waals surface area contributed by atoms with E-state index >= 15 is 0 Å². The minimum Gasteiger partial charge on any atom is -0.446 e. The van der Waals surface area contributed by atoms with Crippen LogP contribution in [-0.2, 0) is 4.74 Å². The maximum Gasteiger partial charge on any atom is 0.414 e. The highest BCUT2D eigenvalue weighted by Gasteiger charge is 2.10. The Morgan fingerprint density at radius 1 is 1.57 bits per heavy atom. The third-order valence-electron chi connectivity index (χ3n) is 1.93. The van der Waals surface area contributed by atoms with Crippen molar-refractivity contribution in [1.29, 1.82) is 0 Å². The number of amides is 1. The van der Waals surface area contributed by atoms with Crippen LogP contribution in [-0.4, -0.2) is 13.1 Å². The lowest BCUT2D eigenvalue weighted by atomic mass is 10.2. The lowest BCUT2D eigenvalue weighted by Crippen LogP contribution is -2.25. The molecular formula is C10H11ClNO2. The molecule has 3 nitrogen and oxygen atoms in total. The van der Waals surface area contributed by atoms with Gasteiger partial charge in [0, 0.05) is 17.8 Å². The summed E-state index contributed by atoms with van der Waals surface area (Å²) in [6.45, 7) is 1.87. The van der Waals surface area contributed by atoms with E-state index in [1.54, 1.807) is 25.2 Å². The van der Waals surface area contributed by atoms with Crippen molar-refractivity contribution in [3.63, 3.8) is 0 Å². The van der Waals surface area contributed by atoms with Crippen LogP contribution in [0.4, 0.5) is 10.5 Å². The molecule has 0 N–H and O–H groups in total. The molecule has 1 radical (unpaired) electrons. The molecule has 0 aliphatic heterocycles. The first-order valence-electron chi connectivity index (χ1n) is 4.02. The van der Waals surface area contributed by atoms with Gasteiger partial charge in [-0.1, -0.05) is 11.6 Å². The Hall–Kier alpha value is -1.22. The first kappa shape index (κ1) is 10.9. The average Bonchev–Trinajstić information content (AvgIpc) is 2.20. The summed E-state index contributed by atoms with van der Waals surface area (Å²) in [5.74, 6) is 0. The number of rotatable bonds is 1. The average molecular weight is 213 g/mol. The number of carbonyl (C=O) groups is 1. The maximum absolute atomic E-state index is 11.1. The minimum absolute atomic E-state index is 0.508.